The number of aromatic carboxylic acids is 1. The zero-order chi connectivity index (χ0) is 11.6. The van der Waals surface area contributed by atoms with Crippen molar-refractivity contribution in [3.8, 4) is 0 Å². The second-order valence-electron chi connectivity index (χ2n) is 4.61. The van der Waals surface area contributed by atoms with Gasteiger partial charge in [-0.2, -0.15) is 0 Å². The molecule has 0 unspecified atom stereocenters. The summed E-state index contributed by atoms with van der Waals surface area (Å²) in [6.45, 7) is 6.23. The lowest BCUT2D eigenvalue weighted by Gasteiger charge is -2.20. The van der Waals surface area contributed by atoms with E-state index in [0.717, 1.165) is 11.1 Å². The number of benzene rings is 1. The van der Waals surface area contributed by atoms with Crippen molar-refractivity contribution < 1.29 is 9.90 Å². The van der Waals surface area contributed by atoms with Gasteiger partial charge in [0, 0.05) is 5.33 Å². The molecule has 0 aliphatic rings. The van der Waals surface area contributed by atoms with Gasteiger partial charge in [0.25, 0.3) is 0 Å². The first-order valence-electron chi connectivity index (χ1n) is 4.78. The quantitative estimate of drug-likeness (QED) is 0.835. The number of halogens is 1. The van der Waals surface area contributed by atoms with Crippen molar-refractivity contribution in [2.45, 2.75) is 31.5 Å². The van der Waals surface area contributed by atoms with Gasteiger partial charge in [-0.3, -0.25) is 0 Å². The van der Waals surface area contributed by atoms with E-state index in [1.54, 1.807) is 12.1 Å². The number of carboxylic acids is 1. The molecule has 0 heterocycles. The summed E-state index contributed by atoms with van der Waals surface area (Å²) in [5.41, 5.74) is 2.39. The van der Waals surface area contributed by atoms with Crippen molar-refractivity contribution in [2.24, 2.45) is 0 Å². The van der Waals surface area contributed by atoms with Crippen LogP contribution in [0.15, 0.2) is 18.2 Å². The first kappa shape index (κ1) is 12.2. The van der Waals surface area contributed by atoms with Gasteiger partial charge in [0.05, 0.1) is 5.56 Å². The van der Waals surface area contributed by atoms with Crippen LogP contribution < -0.4 is 0 Å². The zero-order valence-electron chi connectivity index (χ0n) is 9.17. The highest BCUT2D eigenvalue weighted by atomic mass is 79.9. The van der Waals surface area contributed by atoms with Crippen LogP contribution in [-0.2, 0) is 10.7 Å². The Morgan fingerprint density at radius 3 is 2.33 bits per heavy atom. The molecular weight excluding hydrogens is 256 g/mol. The van der Waals surface area contributed by atoms with Gasteiger partial charge in [-0.25, -0.2) is 4.79 Å². The maximum absolute atomic E-state index is 10.9. The average molecular weight is 271 g/mol. The van der Waals surface area contributed by atoms with E-state index in [1.165, 1.54) is 0 Å². The fourth-order valence-corrected chi connectivity index (χ4v) is 1.65. The zero-order valence-corrected chi connectivity index (χ0v) is 10.8. The minimum atomic E-state index is -0.872. The third kappa shape index (κ3) is 3.06. The second kappa shape index (κ2) is 4.35. The normalized spacial score (nSPS) is 11.5. The highest BCUT2D eigenvalue weighted by Gasteiger charge is 2.16. The van der Waals surface area contributed by atoms with Crippen molar-refractivity contribution in [1.82, 2.24) is 0 Å². The molecule has 1 rings (SSSR count). The lowest BCUT2D eigenvalue weighted by atomic mass is 9.85. The molecule has 0 aliphatic heterocycles. The van der Waals surface area contributed by atoms with Gasteiger partial charge >= 0.3 is 5.97 Å². The largest absolute Gasteiger partial charge is 0.478 e. The summed E-state index contributed by atoms with van der Waals surface area (Å²) in [4.78, 5) is 10.9. The molecule has 1 N–H and O–H groups in total. The van der Waals surface area contributed by atoms with E-state index < -0.39 is 5.97 Å². The van der Waals surface area contributed by atoms with Crippen LogP contribution in [0.2, 0.25) is 0 Å². The molecule has 3 heteroatoms. The number of hydrogen-bond donors (Lipinski definition) is 1. The Labute approximate surface area is 98.4 Å². The monoisotopic (exact) mass is 270 g/mol. The minimum absolute atomic E-state index is 0.0254. The Morgan fingerprint density at radius 2 is 1.93 bits per heavy atom. The minimum Gasteiger partial charge on any atom is -0.478 e. The molecule has 1 aromatic rings. The van der Waals surface area contributed by atoms with Crippen LogP contribution in [0.1, 0.15) is 42.3 Å². The highest BCUT2D eigenvalue weighted by molar-refractivity contribution is 9.08. The Kier molecular flexibility index (Phi) is 3.55. The number of hydrogen-bond acceptors (Lipinski definition) is 1. The maximum atomic E-state index is 10.9. The molecule has 0 spiro atoms. The van der Waals surface area contributed by atoms with E-state index >= 15 is 0 Å². The lowest BCUT2D eigenvalue weighted by Crippen LogP contribution is -2.13. The van der Waals surface area contributed by atoms with Crippen LogP contribution in [0.4, 0.5) is 0 Å². The molecule has 2 nitrogen and oxygen atoms in total. The Bertz CT molecular complexity index is 378. The van der Waals surface area contributed by atoms with E-state index in [4.69, 9.17) is 5.11 Å². The summed E-state index contributed by atoms with van der Waals surface area (Å²) in [6, 6.07) is 5.49. The highest BCUT2D eigenvalue weighted by Crippen LogP contribution is 2.25. The molecule has 0 saturated heterocycles. The molecule has 1 aromatic carbocycles. The number of alkyl halides is 1. The second-order valence-corrected chi connectivity index (χ2v) is 5.17. The lowest BCUT2D eigenvalue weighted by molar-refractivity contribution is 0.0696. The molecule has 82 valence electrons. The van der Waals surface area contributed by atoms with Gasteiger partial charge in [-0.1, -0.05) is 42.8 Å². The Hall–Kier alpha value is -0.830. The van der Waals surface area contributed by atoms with Crippen molar-refractivity contribution >= 4 is 21.9 Å². The molecule has 0 atom stereocenters. The van der Waals surface area contributed by atoms with E-state index in [0.29, 0.717) is 10.9 Å². The van der Waals surface area contributed by atoms with E-state index in [2.05, 4.69) is 36.7 Å². The molecule has 0 amide bonds. The molecule has 0 bridgehead atoms. The molecule has 0 aromatic heterocycles. The first-order chi connectivity index (χ1) is 6.84. The van der Waals surface area contributed by atoms with E-state index in [9.17, 15) is 4.79 Å². The Balaban J connectivity index is 3.30. The Morgan fingerprint density at radius 1 is 1.33 bits per heavy atom. The molecule has 0 fully saturated rings. The molecule has 0 radical (unpaired) electrons. The van der Waals surface area contributed by atoms with Crippen LogP contribution >= 0.6 is 15.9 Å². The van der Waals surface area contributed by atoms with Crippen LogP contribution in [0, 0.1) is 0 Å². The van der Waals surface area contributed by atoms with Crippen LogP contribution in [0.25, 0.3) is 0 Å². The average Bonchev–Trinajstić information content (AvgIpc) is 2.15. The molecular formula is C12H15BrO2. The van der Waals surface area contributed by atoms with Gasteiger partial charge in [0.2, 0.25) is 0 Å². The summed E-state index contributed by atoms with van der Waals surface area (Å²) < 4.78 is 0. The predicted molar refractivity (Wildman–Crippen MR) is 64.7 cm³/mol. The van der Waals surface area contributed by atoms with E-state index in [-0.39, 0.29) is 5.41 Å². The summed E-state index contributed by atoms with van der Waals surface area (Å²) in [5, 5.41) is 9.66. The van der Waals surface area contributed by atoms with Gasteiger partial charge in [-0.15, -0.1) is 0 Å². The standard InChI is InChI=1S/C12H15BrO2/c1-12(2,3)10-5-8(7-13)4-9(6-10)11(14)15/h4-6H,7H2,1-3H3,(H,14,15). The third-order valence-electron chi connectivity index (χ3n) is 2.26. The fourth-order valence-electron chi connectivity index (χ4n) is 1.33. The number of rotatable bonds is 2. The molecule has 0 aliphatic carbocycles. The SMILES string of the molecule is CC(C)(C)c1cc(CBr)cc(C(=O)O)c1. The smallest absolute Gasteiger partial charge is 0.335 e. The van der Waals surface area contributed by atoms with Gasteiger partial charge in [-0.05, 0) is 28.7 Å². The van der Waals surface area contributed by atoms with Crippen LogP contribution in [0.5, 0.6) is 0 Å². The summed E-state index contributed by atoms with van der Waals surface area (Å²) in [6.07, 6.45) is 0. The number of carbonyl (C=O) groups is 1. The maximum Gasteiger partial charge on any atom is 0.335 e. The predicted octanol–water partition coefficient (Wildman–Crippen LogP) is 3.58. The van der Waals surface area contributed by atoms with Crippen molar-refractivity contribution in [1.29, 1.82) is 0 Å². The molecule has 15 heavy (non-hydrogen) atoms. The van der Waals surface area contributed by atoms with Gasteiger partial charge in [0.15, 0.2) is 0 Å². The summed E-state index contributed by atoms with van der Waals surface area (Å²) in [5.74, 6) is -0.872. The summed E-state index contributed by atoms with van der Waals surface area (Å²) >= 11 is 3.35. The van der Waals surface area contributed by atoms with Crippen molar-refractivity contribution in [3.05, 3.63) is 34.9 Å². The van der Waals surface area contributed by atoms with Crippen molar-refractivity contribution in [2.75, 3.05) is 0 Å². The summed E-state index contributed by atoms with van der Waals surface area (Å²) in [7, 11) is 0. The van der Waals surface area contributed by atoms with Gasteiger partial charge < -0.3 is 5.11 Å². The molecule has 0 saturated carbocycles. The van der Waals surface area contributed by atoms with Crippen molar-refractivity contribution in [3.63, 3.8) is 0 Å². The first-order valence-corrected chi connectivity index (χ1v) is 5.90. The van der Waals surface area contributed by atoms with E-state index in [1.807, 2.05) is 6.07 Å². The van der Waals surface area contributed by atoms with Gasteiger partial charge in [0.1, 0.15) is 0 Å². The topological polar surface area (TPSA) is 37.3 Å². The number of carboxylic acid groups (broad SMARTS) is 1. The third-order valence-corrected chi connectivity index (χ3v) is 2.91. The fraction of sp³-hybridized carbons (Fsp3) is 0.417. The van der Waals surface area contributed by atoms with Crippen LogP contribution in [0.3, 0.4) is 0 Å². The van der Waals surface area contributed by atoms with Crippen LogP contribution in [-0.4, -0.2) is 11.1 Å².